The summed E-state index contributed by atoms with van der Waals surface area (Å²) < 4.78 is 10.6. The highest BCUT2D eigenvalue weighted by atomic mass is 16.5. The van der Waals surface area contributed by atoms with E-state index < -0.39 is 0 Å². The summed E-state index contributed by atoms with van der Waals surface area (Å²) in [5.74, 6) is 0.735. The summed E-state index contributed by atoms with van der Waals surface area (Å²) in [7, 11) is 7.09. The van der Waals surface area contributed by atoms with Crippen LogP contribution in [0.1, 0.15) is 12.0 Å². The van der Waals surface area contributed by atoms with Crippen LogP contribution in [0.5, 0.6) is 11.5 Å². The number of rotatable bonds is 7. The van der Waals surface area contributed by atoms with Gasteiger partial charge in [-0.1, -0.05) is 6.07 Å². The average Bonchev–Trinajstić information content (AvgIpc) is 3.08. The first-order chi connectivity index (χ1) is 13.9. The molecule has 2 amide bonds. The molecule has 1 unspecified atom stereocenters. The maximum Gasteiger partial charge on any atom is 0.229 e. The number of methoxy groups -OCH3 is 2. The molecule has 7 nitrogen and oxygen atoms in total. The average molecular weight is 397 g/mol. The van der Waals surface area contributed by atoms with Crippen molar-refractivity contribution in [2.75, 3.05) is 45.1 Å². The van der Waals surface area contributed by atoms with Gasteiger partial charge in [-0.25, -0.2) is 0 Å². The van der Waals surface area contributed by atoms with Crippen LogP contribution < -0.4 is 19.7 Å². The van der Waals surface area contributed by atoms with Crippen molar-refractivity contribution in [2.24, 2.45) is 5.92 Å². The second-order valence-electron chi connectivity index (χ2n) is 7.30. The molecule has 0 saturated carbocycles. The zero-order valence-corrected chi connectivity index (χ0v) is 17.3. The second-order valence-corrected chi connectivity index (χ2v) is 7.30. The Kier molecular flexibility index (Phi) is 6.26. The lowest BCUT2D eigenvalue weighted by molar-refractivity contribution is -0.128. The second kappa shape index (κ2) is 8.86. The number of hydrogen-bond acceptors (Lipinski definition) is 5. The van der Waals surface area contributed by atoms with Crippen molar-refractivity contribution in [3.63, 3.8) is 0 Å². The molecule has 0 aromatic heterocycles. The third-order valence-corrected chi connectivity index (χ3v) is 5.06. The molecule has 0 bridgehead atoms. The monoisotopic (exact) mass is 397 g/mol. The number of ether oxygens (including phenoxy) is 2. The van der Waals surface area contributed by atoms with Crippen molar-refractivity contribution in [3.05, 3.63) is 48.0 Å². The Morgan fingerprint density at radius 1 is 1.10 bits per heavy atom. The molecule has 0 spiro atoms. The molecule has 1 aliphatic rings. The zero-order valence-electron chi connectivity index (χ0n) is 17.3. The summed E-state index contributed by atoms with van der Waals surface area (Å²) in [4.78, 5) is 28.8. The van der Waals surface area contributed by atoms with Crippen molar-refractivity contribution in [3.8, 4) is 11.5 Å². The maximum absolute atomic E-state index is 12.6. The molecule has 1 heterocycles. The molecule has 1 fully saturated rings. The number of anilines is 2. The van der Waals surface area contributed by atoms with Gasteiger partial charge in [0.25, 0.3) is 0 Å². The lowest BCUT2D eigenvalue weighted by Crippen LogP contribution is -2.28. The van der Waals surface area contributed by atoms with E-state index >= 15 is 0 Å². The topological polar surface area (TPSA) is 71.1 Å². The van der Waals surface area contributed by atoms with E-state index in [9.17, 15) is 9.59 Å². The summed E-state index contributed by atoms with van der Waals surface area (Å²) in [6, 6.07) is 13.2. The summed E-state index contributed by atoms with van der Waals surface area (Å²) in [6.45, 7) is 0.829. The van der Waals surface area contributed by atoms with Crippen molar-refractivity contribution < 1.29 is 19.1 Å². The molecule has 154 valence electrons. The van der Waals surface area contributed by atoms with Crippen LogP contribution in [0.4, 0.5) is 11.4 Å². The Balaban J connectivity index is 1.61. The van der Waals surface area contributed by atoms with Crippen LogP contribution in [0, 0.1) is 5.92 Å². The normalized spacial score (nSPS) is 15.9. The van der Waals surface area contributed by atoms with E-state index in [1.54, 1.807) is 19.1 Å². The highest BCUT2D eigenvalue weighted by Gasteiger charge is 2.34. The molecule has 1 aliphatic heterocycles. The van der Waals surface area contributed by atoms with Gasteiger partial charge in [-0.05, 0) is 42.0 Å². The van der Waals surface area contributed by atoms with Gasteiger partial charge in [-0.3, -0.25) is 9.59 Å². The molecular formula is C22H27N3O4. The molecule has 1 atom stereocenters. The maximum atomic E-state index is 12.6. The molecule has 2 aromatic rings. The fourth-order valence-corrected chi connectivity index (χ4v) is 3.39. The molecule has 3 rings (SSSR count). The Bertz CT molecular complexity index is 880. The number of amides is 2. The summed E-state index contributed by atoms with van der Waals surface area (Å²) in [5.41, 5.74) is 2.71. The van der Waals surface area contributed by atoms with Gasteiger partial charge in [0.1, 0.15) is 0 Å². The van der Waals surface area contributed by atoms with Crippen LogP contribution in [-0.4, -0.2) is 51.6 Å². The summed E-state index contributed by atoms with van der Waals surface area (Å²) in [5, 5.41) is 2.92. The Hall–Kier alpha value is -3.22. The molecule has 0 radical (unpaired) electrons. The number of nitrogens with one attached hydrogen (secondary N) is 1. The lowest BCUT2D eigenvalue weighted by Gasteiger charge is -2.18. The fraction of sp³-hybridized carbons (Fsp3) is 0.364. The highest BCUT2D eigenvalue weighted by molar-refractivity contribution is 5.97. The van der Waals surface area contributed by atoms with E-state index in [0.717, 1.165) is 16.9 Å². The van der Waals surface area contributed by atoms with Gasteiger partial charge < -0.3 is 24.6 Å². The van der Waals surface area contributed by atoms with Crippen LogP contribution in [0.15, 0.2) is 42.5 Å². The number of hydrogen-bond donors (Lipinski definition) is 1. The number of nitrogens with zero attached hydrogens (tertiary/aromatic N) is 2. The van der Waals surface area contributed by atoms with E-state index in [0.29, 0.717) is 24.6 Å². The third-order valence-electron chi connectivity index (χ3n) is 5.06. The molecule has 0 aliphatic carbocycles. The van der Waals surface area contributed by atoms with E-state index in [4.69, 9.17) is 9.47 Å². The van der Waals surface area contributed by atoms with Crippen LogP contribution in [0.2, 0.25) is 0 Å². The van der Waals surface area contributed by atoms with E-state index in [1.165, 1.54) is 0 Å². The number of benzene rings is 2. The van der Waals surface area contributed by atoms with E-state index in [1.807, 2.05) is 61.5 Å². The van der Waals surface area contributed by atoms with Gasteiger partial charge in [0.05, 0.1) is 20.1 Å². The number of carbonyl (C=O) groups excluding carboxylic acids is 2. The summed E-state index contributed by atoms with van der Waals surface area (Å²) >= 11 is 0. The van der Waals surface area contributed by atoms with Crippen LogP contribution >= 0.6 is 0 Å². The minimum atomic E-state index is -0.365. The minimum absolute atomic E-state index is 0.0251. The highest BCUT2D eigenvalue weighted by Crippen LogP contribution is 2.29. The predicted molar refractivity (Wildman–Crippen MR) is 112 cm³/mol. The SMILES string of the molecule is COc1ccc(CN2CC(C(=O)Nc3ccc(N(C)C)cc3)CC2=O)cc1OC. The van der Waals surface area contributed by atoms with Crippen molar-refractivity contribution in [1.82, 2.24) is 4.90 Å². The Morgan fingerprint density at radius 3 is 2.41 bits per heavy atom. The quantitative estimate of drug-likeness (QED) is 0.778. The molecular weight excluding hydrogens is 370 g/mol. The van der Waals surface area contributed by atoms with Crippen LogP contribution in [0.3, 0.4) is 0 Å². The van der Waals surface area contributed by atoms with Gasteiger partial charge >= 0.3 is 0 Å². The standard InChI is InChI=1S/C22H27N3O4/c1-24(2)18-8-6-17(7-9-18)23-22(27)16-12-21(26)25(14-16)13-15-5-10-19(28-3)20(11-15)29-4/h5-11,16H,12-14H2,1-4H3,(H,23,27). The van der Waals surface area contributed by atoms with Crippen molar-refractivity contribution >= 4 is 23.2 Å². The molecule has 1 N–H and O–H groups in total. The molecule has 1 saturated heterocycles. The van der Waals surface area contributed by atoms with Crippen molar-refractivity contribution in [2.45, 2.75) is 13.0 Å². The first-order valence-electron chi connectivity index (χ1n) is 9.48. The van der Waals surface area contributed by atoms with Crippen LogP contribution in [-0.2, 0) is 16.1 Å². The van der Waals surface area contributed by atoms with E-state index in [2.05, 4.69) is 5.32 Å². The first kappa shape index (κ1) is 20.5. The Labute approximate surface area is 171 Å². The van der Waals surface area contributed by atoms with Gasteiger partial charge in [0.2, 0.25) is 11.8 Å². The Morgan fingerprint density at radius 2 is 1.79 bits per heavy atom. The third kappa shape index (κ3) is 4.80. The van der Waals surface area contributed by atoms with E-state index in [-0.39, 0.29) is 24.2 Å². The fourth-order valence-electron chi connectivity index (χ4n) is 3.39. The lowest BCUT2D eigenvalue weighted by atomic mass is 10.1. The molecule has 7 heteroatoms. The molecule has 2 aromatic carbocycles. The molecule has 29 heavy (non-hydrogen) atoms. The van der Waals surface area contributed by atoms with Gasteiger partial charge in [0, 0.05) is 45.0 Å². The zero-order chi connectivity index (χ0) is 21.0. The van der Waals surface area contributed by atoms with Crippen LogP contribution in [0.25, 0.3) is 0 Å². The number of likely N-dealkylation sites (tertiary alicyclic amines) is 1. The smallest absolute Gasteiger partial charge is 0.229 e. The van der Waals surface area contributed by atoms with Gasteiger partial charge in [0.15, 0.2) is 11.5 Å². The first-order valence-corrected chi connectivity index (χ1v) is 9.48. The summed E-state index contributed by atoms with van der Waals surface area (Å²) in [6.07, 6.45) is 0.217. The number of carbonyl (C=O) groups is 2. The largest absolute Gasteiger partial charge is 0.493 e. The minimum Gasteiger partial charge on any atom is -0.493 e. The van der Waals surface area contributed by atoms with Crippen molar-refractivity contribution in [1.29, 1.82) is 0 Å². The van der Waals surface area contributed by atoms with Gasteiger partial charge in [-0.15, -0.1) is 0 Å². The van der Waals surface area contributed by atoms with Gasteiger partial charge in [-0.2, -0.15) is 0 Å². The predicted octanol–water partition coefficient (Wildman–Crippen LogP) is 2.76.